The van der Waals surface area contributed by atoms with E-state index < -0.39 is 12.1 Å². The minimum absolute atomic E-state index is 0.00950. The van der Waals surface area contributed by atoms with Gasteiger partial charge in [-0.3, -0.25) is 9.79 Å². The fourth-order valence-electron chi connectivity index (χ4n) is 7.23. The molecule has 0 fully saturated rings. The quantitative estimate of drug-likeness (QED) is 0.0235. The number of carbonyl (C=O) groups is 1. The maximum atomic E-state index is 13.2. The van der Waals surface area contributed by atoms with Crippen molar-refractivity contribution in [1.29, 1.82) is 0 Å². The zero-order chi connectivity index (χ0) is 40.6. The number of aliphatic hydroxyl groups is 1. The number of benzene rings is 4. The molecule has 1 aliphatic heterocycles. The molecule has 7 N–H and O–H groups in total. The molecular formula is C48H56N3O6-. The van der Waals surface area contributed by atoms with E-state index in [2.05, 4.69) is 29.3 Å². The maximum absolute atomic E-state index is 13.2. The molecule has 0 bridgehead atoms. The Morgan fingerprint density at radius 2 is 1.58 bits per heavy atom. The van der Waals surface area contributed by atoms with Crippen molar-refractivity contribution in [3.63, 3.8) is 0 Å². The number of aliphatic imine (C=N–C) groups is 1. The summed E-state index contributed by atoms with van der Waals surface area (Å²) in [7, 11) is 0. The van der Waals surface area contributed by atoms with Gasteiger partial charge in [0.15, 0.2) is 17.3 Å². The Kier molecular flexibility index (Phi) is 16.3. The van der Waals surface area contributed by atoms with E-state index >= 15 is 0 Å². The van der Waals surface area contributed by atoms with Crippen molar-refractivity contribution in [2.45, 2.75) is 89.3 Å². The van der Waals surface area contributed by atoms with E-state index in [1.165, 1.54) is 11.8 Å². The third-order valence-corrected chi connectivity index (χ3v) is 10.4. The normalized spacial score (nSPS) is 15.0. The first-order chi connectivity index (χ1) is 27.5. The number of hydrogen-bond donors (Lipinski definition) is 5. The topological polar surface area (TPSA) is 174 Å². The molecule has 3 unspecified atom stereocenters. The monoisotopic (exact) mass is 770 g/mol. The first kappa shape index (κ1) is 42.7. The van der Waals surface area contributed by atoms with E-state index in [0.717, 1.165) is 60.8 Å². The van der Waals surface area contributed by atoms with Gasteiger partial charge < -0.3 is 36.6 Å². The Balaban J connectivity index is 1.13. The number of hydrogen-bond acceptors (Lipinski definition) is 9. The minimum atomic E-state index is -0.631. The van der Waals surface area contributed by atoms with E-state index in [1.54, 1.807) is 42.6 Å². The van der Waals surface area contributed by atoms with Crippen molar-refractivity contribution in [2.24, 2.45) is 22.4 Å². The number of aliphatic hydroxyl groups excluding tert-OH is 1. The highest BCUT2D eigenvalue weighted by Gasteiger charge is 2.20. The molecule has 1 aliphatic rings. The van der Waals surface area contributed by atoms with Crippen molar-refractivity contribution in [3.8, 4) is 17.2 Å². The average molecular weight is 771 g/mol. The summed E-state index contributed by atoms with van der Waals surface area (Å²) in [6.07, 6.45) is 14.5. The molecule has 9 nitrogen and oxygen atoms in total. The molecule has 4 aromatic rings. The zero-order valence-electron chi connectivity index (χ0n) is 32.8. The van der Waals surface area contributed by atoms with Crippen LogP contribution in [0.4, 0.5) is 0 Å². The molecule has 57 heavy (non-hydrogen) atoms. The van der Waals surface area contributed by atoms with Crippen molar-refractivity contribution in [3.05, 3.63) is 160 Å². The summed E-state index contributed by atoms with van der Waals surface area (Å²) in [4.78, 5) is 16.7. The lowest BCUT2D eigenvalue weighted by atomic mass is 9.85. The lowest BCUT2D eigenvalue weighted by Crippen LogP contribution is -2.20. The molecule has 1 heterocycles. The van der Waals surface area contributed by atoms with Gasteiger partial charge in [0.2, 0.25) is 0 Å². The number of carbonyl (C=O) groups excluding carboxylic acids is 1. The van der Waals surface area contributed by atoms with Crippen LogP contribution in [0.25, 0.3) is 0 Å². The largest absolute Gasteiger partial charge is 0.875 e. The molecule has 3 atom stereocenters. The fourth-order valence-corrected chi connectivity index (χ4v) is 7.23. The number of allylic oxidation sites excluding steroid dienone is 5. The molecule has 300 valence electrons. The van der Waals surface area contributed by atoms with Crippen LogP contribution in [0, 0.1) is 5.92 Å². The second kappa shape index (κ2) is 21.7. The van der Waals surface area contributed by atoms with Crippen molar-refractivity contribution < 1.29 is 30.0 Å². The van der Waals surface area contributed by atoms with Crippen LogP contribution in [-0.2, 0) is 24.1 Å². The van der Waals surface area contributed by atoms with Gasteiger partial charge in [-0.15, -0.1) is 5.76 Å². The van der Waals surface area contributed by atoms with Gasteiger partial charge in [0, 0.05) is 36.7 Å². The summed E-state index contributed by atoms with van der Waals surface area (Å²) >= 11 is 0. The van der Waals surface area contributed by atoms with Gasteiger partial charge in [0.05, 0.1) is 18.9 Å². The van der Waals surface area contributed by atoms with Gasteiger partial charge in [-0.25, -0.2) is 0 Å². The molecule has 0 radical (unpaired) electrons. The van der Waals surface area contributed by atoms with E-state index in [4.69, 9.17) is 16.2 Å². The van der Waals surface area contributed by atoms with Crippen molar-refractivity contribution >= 4 is 12.0 Å². The zero-order valence-corrected chi connectivity index (χ0v) is 32.8. The van der Waals surface area contributed by atoms with Gasteiger partial charge in [0.1, 0.15) is 5.75 Å². The first-order valence-electron chi connectivity index (χ1n) is 19.9. The number of aryl methyl sites for hydroxylation is 2. The summed E-state index contributed by atoms with van der Waals surface area (Å²) in [5.74, 6) is 0.356. The van der Waals surface area contributed by atoms with Crippen LogP contribution in [0.2, 0.25) is 0 Å². The van der Waals surface area contributed by atoms with Crippen LogP contribution in [0.1, 0.15) is 97.3 Å². The smallest absolute Gasteiger partial charge is 0.161 e. The molecule has 0 saturated carbocycles. The molecule has 0 spiro atoms. The highest BCUT2D eigenvalue weighted by atomic mass is 16.5. The number of rotatable bonds is 22. The number of unbranched alkanes of at least 4 members (excludes halogenated alkanes) is 1. The molecule has 0 saturated heterocycles. The first-order valence-corrected chi connectivity index (χ1v) is 19.9. The number of phenols is 2. The standard InChI is InChI=1S/C48H57N3O6/c1-33(52)28-35(13-12-34-8-4-2-5-9-34)10-6-3-7-11-41(53)21-14-36-16-23-45(55)47(30-36)57-27-25-37-15-22-44(54)43(29-37)42(31-46(56)40-24-26-51-32-40)38-17-19-39(20-18-38)48(49)50/h2,4-5,7-9,11,15-20,22-24,26,29-30,32-33,35,42,48,52,54-56H,3,6,10,12-14,21,25,27-28,31,49-50H2,1H3/p-1. The summed E-state index contributed by atoms with van der Waals surface area (Å²) in [5, 5.41) is 44.8. The van der Waals surface area contributed by atoms with Crippen LogP contribution in [0.3, 0.4) is 0 Å². The Hall–Kier alpha value is -5.48. The summed E-state index contributed by atoms with van der Waals surface area (Å²) in [6.45, 7) is 2.10. The van der Waals surface area contributed by atoms with Crippen LogP contribution in [-0.4, -0.2) is 40.0 Å². The van der Waals surface area contributed by atoms with E-state index in [-0.39, 0.29) is 42.2 Å². The highest BCUT2D eigenvalue weighted by molar-refractivity contribution is 5.89. The van der Waals surface area contributed by atoms with E-state index in [9.17, 15) is 25.2 Å². The Bertz CT molecular complexity index is 2000. The Morgan fingerprint density at radius 1 is 0.860 bits per heavy atom. The van der Waals surface area contributed by atoms with Gasteiger partial charge in [-0.1, -0.05) is 85.3 Å². The van der Waals surface area contributed by atoms with Crippen molar-refractivity contribution in [1.82, 2.24) is 0 Å². The SMILES string of the molecule is CC(O)CC(CCCC=CC(=O)CCc1ccc(O)c(OCCc2ccc(O)c(C(CC([O-])=C3C=CN=C3)c3ccc(C(N)N)cc3)c2)c1)CCc1ccccc1. The Morgan fingerprint density at radius 3 is 2.28 bits per heavy atom. The third-order valence-electron chi connectivity index (χ3n) is 10.4. The molecule has 9 heteroatoms. The van der Waals surface area contributed by atoms with Crippen LogP contribution >= 0.6 is 0 Å². The second-order valence-corrected chi connectivity index (χ2v) is 15.0. The predicted octanol–water partition coefficient (Wildman–Crippen LogP) is 7.62. The lowest BCUT2D eigenvalue weighted by molar-refractivity contribution is -0.307. The minimum Gasteiger partial charge on any atom is -0.875 e. The Labute approximate surface area is 336 Å². The number of nitrogens with zero attached hydrogens (tertiary/aromatic N) is 1. The summed E-state index contributed by atoms with van der Waals surface area (Å²) in [6, 6.07) is 28.3. The van der Waals surface area contributed by atoms with Gasteiger partial charge in [-0.05, 0) is 122 Å². The number of ketones is 1. The number of aromatic hydroxyl groups is 2. The molecule has 5 rings (SSSR count). The van der Waals surface area contributed by atoms with E-state index in [1.807, 2.05) is 55.5 Å². The number of nitrogens with two attached hydrogens (primary N) is 2. The van der Waals surface area contributed by atoms with Crippen LogP contribution < -0.4 is 21.3 Å². The molecule has 0 aliphatic carbocycles. The average Bonchev–Trinajstić information content (AvgIpc) is 3.76. The lowest BCUT2D eigenvalue weighted by Gasteiger charge is -2.25. The fraction of sp³-hybridized carbons (Fsp3) is 0.333. The highest BCUT2D eigenvalue weighted by Crippen LogP contribution is 2.37. The molecule has 0 aromatic heterocycles. The van der Waals surface area contributed by atoms with Gasteiger partial charge in [-0.2, -0.15) is 0 Å². The van der Waals surface area contributed by atoms with Gasteiger partial charge >= 0.3 is 0 Å². The van der Waals surface area contributed by atoms with Gasteiger partial charge in [0.25, 0.3) is 0 Å². The van der Waals surface area contributed by atoms with Crippen LogP contribution in [0.5, 0.6) is 17.2 Å². The number of phenolic OH excluding ortho intramolecular Hbond substituents is 2. The van der Waals surface area contributed by atoms with Crippen LogP contribution in [0.15, 0.2) is 132 Å². The summed E-state index contributed by atoms with van der Waals surface area (Å²) < 4.78 is 6.02. The predicted molar refractivity (Wildman–Crippen MR) is 225 cm³/mol. The summed E-state index contributed by atoms with van der Waals surface area (Å²) in [5.41, 5.74) is 17.5. The third kappa shape index (κ3) is 13.6. The van der Waals surface area contributed by atoms with Crippen molar-refractivity contribution in [2.75, 3.05) is 6.61 Å². The second-order valence-electron chi connectivity index (χ2n) is 15.0. The van der Waals surface area contributed by atoms with E-state index in [0.29, 0.717) is 42.1 Å². The number of ether oxygens (including phenoxy) is 1. The maximum Gasteiger partial charge on any atom is 0.161 e. The molecular weight excluding hydrogens is 715 g/mol. The molecule has 0 amide bonds. The molecule has 4 aromatic carbocycles.